The number of ether oxygens (including phenoxy) is 1. The summed E-state index contributed by atoms with van der Waals surface area (Å²) < 4.78 is 6.92. The third kappa shape index (κ3) is 4.14. The number of carbonyl (C=O) groups is 1. The molecule has 1 aliphatic rings. The van der Waals surface area contributed by atoms with Crippen LogP contribution in [0.15, 0.2) is 47.4 Å². The largest absolute Gasteiger partial charge is 0.389 e. The number of amides is 1. The molecule has 4 aromatic rings. The Hall–Kier alpha value is -3.14. The first-order valence-electron chi connectivity index (χ1n) is 10.4. The van der Waals surface area contributed by atoms with Crippen LogP contribution >= 0.6 is 11.3 Å². The Morgan fingerprint density at radius 3 is 2.94 bits per heavy atom. The lowest BCUT2D eigenvalue weighted by Gasteiger charge is -2.28. The van der Waals surface area contributed by atoms with Crippen molar-refractivity contribution in [3.05, 3.63) is 64.2 Å². The highest BCUT2D eigenvalue weighted by molar-refractivity contribution is 7.07. The normalized spacial score (nSPS) is 18.7. The quantitative estimate of drug-likeness (QED) is 0.486. The minimum atomic E-state index is -0.719. The van der Waals surface area contributed by atoms with Crippen molar-refractivity contribution in [2.24, 2.45) is 7.05 Å². The molecular formula is C23H23N5O3S. The first-order chi connectivity index (χ1) is 15.6. The molecule has 1 aliphatic heterocycles. The van der Waals surface area contributed by atoms with E-state index in [-0.39, 0.29) is 18.6 Å². The van der Waals surface area contributed by atoms with Gasteiger partial charge in [-0.15, -0.1) is 11.3 Å². The van der Waals surface area contributed by atoms with E-state index in [1.165, 1.54) is 0 Å². The van der Waals surface area contributed by atoms with Crippen molar-refractivity contribution >= 4 is 28.3 Å². The van der Waals surface area contributed by atoms with Gasteiger partial charge in [-0.25, -0.2) is 9.97 Å². The standard InChI is InChI=1S/C23H23N5O3S/c1-28-22-17(10-25-28)16(8-14-2-4-15(5-3-14)20-12-32-13-24-20)9-19(26-22)23(30)27-18-6-7-31-11-21(18)29/h2-5,9-10,12-13,18,21,29H,6-8,11H2,1H3,(H,27,30)/t18-,21-/m0/s1. The van der Waals surface area contributed by atoms with Crippen molar-refractivity contribution < 1.29 is 14.6 Å². The van der Waals surface area contributed by atoms with Crippen LogP contribution in [0.4, 0.5) is 0 Å². The Bertz CT molecular complexity index is 1240. The molecule has 1 aromatic carbocycles. The summed E-state index contributed by atoms with van der Waals surface area (Å²) in [5.74, 6) is -0.306. The van der Waals surface area contributed by atoms with E-state index in [1.54, 1.807) is 22.2 Å². The molecule has 1 amide bonds. The van der Waals surface area contributed by atoms with Crippen LogP contribution in [-0.2, 0) is 18.2 Å². The second-order valence-corrected chi connectivity index (χ2v) is 8.65. The van der Waals surface area contributed by atoms with E-state index in [2.05, 4.69) is 44.6 Å². The molecule has 9 heteroatoms. The summed E-state index contributed by atoms with van der Waals surface area (Å²) in [6.07, 6.45) is 2.27. The number of carbonyl (C=O) groups excluding carboxylic acids is 1. The number of thiazole rings is 1. The Balaban J connectivity index is 1.43. The Morgan fingerprint density at radius 1 is 1.34 bits per heavy atom. The topological polar surface area (TPSA) is 102 Å². The number of fused-ring (bicyclic) bond motifs is 1. The van der Waals surface area contributed by atoms with Crippen LogP contribution in [-0.4, -0.2) is 56.1 Å². The monoisotopic (exact) mass is 449 g/mol. The molecule has 164 valence electrons. The molecule has 5 rings (SSSR count). The summed E-state index contributed by atoms with van der Waals surface area (Å²) in [7, 11) is 1.81. The first kappa shape index (κ1) is 20.7. The number of hydrogen-bond acceptors (Lipinski definition) is 7. The molecule has 8 nitrogen and oxygen atoms in total. The van der Waals surface area contributed by atoms with Gasteiger partial charge in [0.25, 0.3) is 5.91 Å². The number of aliphatic hydroxyl groups excluding tert-OH is 1. The van der Waals surface area contributed by atoms with Gasteiger partial charge in [0.15, 0.2) is 5.65 Å². The zero-order valence-corrected chi connectivity index (χ0v) is 18.4. The second kappa shape index (κ2) is 8.78. The Kier molecular flexibility index (Phi) is 5.69. The van der Waals surface area contributed by atoms with E-state index in [0.29, 0.717) is 30.8 Å². The van der Waals surface area contributed by atoms with Gasteiger partial charge in [0.05, 0.1) is 36.2 Å². The van der Waals surface area contributed by atoms with Crippen LogP contribution in [0.25, 0.3) is 22.3 Å². The average molecular weight is 450 g/mol. The SMILES string of the molecule is Cn1ncc2c(Cc3ccc(-c4cscn4)cc3)cc(C(=O)N[C@H]3CCOC[C@@H]3O)nc21. The lowest BCUT2D eigenvalue weighted by Crippen LogP contribution is -2.48. The van der Waals surface area contributed by atoms with Crippen molar-refractivity contribution in [1.82, 2.24) is 25.1 Å². The molecule has 0 bridgehead atoms. The molecule has 0 aliphatic carbocycles. The number of pyridine rings is 1. The smallest absolute Gasteiger partial charge is 0.270 e. The molecule has 2 atom stereocenters. The van der Waals surface area contributed by atoms with Gasteiger partial charge in [0, 0.05) is 30.0 Å². The minimum absolute atomic E-state index is 0.223. The van der Waals surface area contributed by atoms with E-state index in [0.717, 1.165) is 27.8 Å². The number of rotatable bonds is 5. The van der Waals surface area contributed by atoms with Gasteiger partial charge in [-0.05, 0) is 30.0 Å². The van der Waals surface area contributed by atoms with E-state index in [9.17, 15) is 9.90 Å². The lowest BCUT2D eigenvalue weighted by atomic mass is 10.0. The highest BCUT2D eigenvalue weighted by Crippen LogP contribution is 2.24. The summed E-state index contributed by atoms with van der Waals surface area (Å²) in [6.45, 7) is 0.736. The van der Waals surface area contributed by atoms with Gasteiger partial charge >= 0.3 is 0 Å². The predicted octanol–water partition coefficient (Wildman–Crippen LogP) is 2.56. The number of benzene rings is 1. The number of hydrogen-bond donors (Lipinski definition) is 2. The van der Waals surface area contributed by atoms with Crippen LogP contribution in [0.3, 0.4) is 0 Å². The van der Waals surface area contributed by atoms with E-state index >= 15 is 0 Å². The lowest BCUT2D eigenvalue weighted by molar-refractivity contribution is -0.0261. The molecule has 0 saturated carbocycles. The minimum Gasteiger partial charge on any atom is -0.389 e. The van der Waals surface area contributed by atoms with Gasteiger partial charge in [-0.1, -0.05) is 24.3 Å². The highest BCUT2D eigenvalue weighted by Gasteiger charge is 2.26. The number of nitrogens with one attached hydrogen (secondary N) is 1. The molecule has 32 heavy (non-hydrogen) atoms. The van der Waals surface area contributed by atoms with Crippen molar-refractivity contribution in [1.29, 1.82) is 0 Å². The molecule has 0 unspecified atom stereocenters. The number of nitrogens with zero attached hydrogens (tertiary/aromatic N) is 4. The Morgan fingerprint density at radius 2 is 2.19 bits per heavy atom. The van der Waals surface area contributed by atoms with Crippen LogP contribution < -0.4 is 5.32 Å². The first-order valence-corrected chi connectivity index (χ1v) is 11.4. The third-order valence-corrected chi connectivity index (χ3v) is 6.33. The van der Waals surface area contributed by atoms with E-state index in [1.807, 2.05) is 24.0 Å². The fourth-order valence-electron chi connectivity index (χ4n) is 3.94. The number of aliphatic hydroxyl groups is 1. The van der Waals surface area contributed by atoms with E-state index < -0.39 is 6.10 Å². The van der Waals surface area contributed by atoms with Crippen molar-refractivity contribution in [2.75, 3.05) is 13.2 Å². The zero-order valence-electron chi connectivity index (χ0n) is 17.6. The fraction of sp³-hybridized carbons (Fsp3) is 0.304. The molecule has 4 heterocycles. The fourth-order valence-corrected chi connectivity index (χ4v) is 4.51. The summed E-state index contributed by atoms with van der Waals surface area (Å²) >= 11 is 1.57. The average Bonchev–Trinajstić information content (AvgIpc) is 3.47. The summed E-state index contributed by atoms with van der Waals surface area (Å²) in [5.41, 5.74) is 6.92. The van der Waals surface area contributed by atoms with Gasteiger partial charge < -0.3 is 15.2 Å². The molecule has 0 spiro atoms. The van der Waals surface area contributed by atoms with Crippen LogP contribution in [0, 0.1) is 0 Å². The molecule has 2 N–H and O–H groups in total. The molecule has 1 fully saturated rings. The second-order valence-electron chi connectivity index (χ2n) is 7.93. The number of aromatic nitrogens is 4. The van der Waals surface area contributed by atoms with Gasteiger partial charge in [-0.2, -0.15) is 5.10 Å². The van der Waals surface area contributed by atoms with Crippen LogP contribution in [0.1, 0.15) is 28.0 Å². The summed E-state index contributed by atoms with van der Waals surface area (Å²) in [6, 6.07) is 9.75. The molecule has 0 radical (unpaired) electrons. The summed E-state index contributed by atoms with van der Waals surface area (Å²) in [4.78, 5) is 21.9. The molecule has 1 saturated heterocycles. The van der Waals surface area contributed by atoms with Gasteiger partial charge in [0.2, 0.25) is 0 Å². The molecular weight excluding hydrogens is 426 g/mol. The van der Waals surface area contributed by atoms with Crippen molar-refractivity contribution in [2.45, 2.75) is 25.0 Å². The molecule has 3 aromatic heterocycles. The van der Waals surface area contributed by atoms with Crippen LogP contribution in [0.2, 0.25) is 0 Å². The Labute approximate surface area is 188 Å². The van der Waals surface area contributed by atoms with Gasteiger partial charge in [0.1, 0.15) is 5.69 Å². The predicted molar refractivity (Wildman–Crippen MR) is 122 cm³/mol. The number of aryl methyl sites for hydroxylation is 1. The van der Waals surface area contributed by atoms with Crippen LogP contribution in [0.5, 0.6) is 0 Å². The van der Waals surface area contributed by atoms with Crippen molar-refractivity contribution in [3.8, 4) is 11.3 Å². The maximum absolute atomic E-state index is 13.0. The maximum Gasteiger partial charge on any atom is 0.270 e. The summed E-state index contributed by atoms with van der Waals surface area (Å²) in [5, 5.41) is 20.3. The zero-order chi connectivity index (χ0) is 22.1. The maximum atomic E-state index is 13.0. The highest BCUT2D eigenvalue weighted by atomic mass is 32.1. The third-order valence-electron chi connectivity index (χ3n) is 5.74. The van der Waals surface area contributed by atoms with Crippen molar-refractivity contribution in [3.63, 3.8) is 0 Å². The van der Waals surface area contributed by atoms with Gasteiger partial charge in [-0.3, -0.25) is 9.48 Å². The van der Waals surface area contributed by atoms with E-state index in [4.69, 9.17) is 4.74 Å².